The van der Waals surface area contributed by atoms with Crippen molar-refractivity contribution in [2.24, 2.45) is 0 Å². The van der Waals surface area contributed by atoms with Crippen LogP contribution in [0.2, 0.25) is 0 Å². The van der Waals surface area contributed by atoms with Crippen LogP contribution in [0, 0.1) is 0 Å². The molecule has 1 amide bonds. The van der Waals surface area contributed by atoms with Gasteiger partial charge in [-0.1, -0.05) is 18.2 Å². The van der Waals surface area contributed by atoms with Gasteiger partial charge in [0.05, 0.1) is 12.8 Å². The van der Waals surface area contributed by atoms with Gasteiger partial charge in [0.1, 0.15) is 5.75 Å². The van der Waals surface area contributed by atoms with Crippen molar-refractivity contribution in [2.75, 3.05) is 38.2 Å². The highest BCUT2D eigenvalue weighted by Gasteiger charge is 2.20. The van der Waals surface area contributed by atoms with Crippen molar-refractivity contribution in [2.45, 2.75) is 19.4 Å². The highest BCUT2D eigenvalue weighted by Crippen LogP contribution is 2.20. The zero-order valence-electron chi connectivity index (χ0n) is 18.3. The Bertz CT molecular complexity index is 1090. The molecular formula is C25H28N4O3. The van der Waals surface area contributed by atoms with E-state index in [1.165, 1.54) is 16.4 Å². The minimum atomic E-state index is -0.161. The first-order chi connectivity index (χ1) is 15.6. The maximum absolute atomic E-state index is 12.7. The predicted octanol–water partition coefficient (Wildman–Crippen LogP) is 3.05. The fourth-order valence-electron chi connectivity index (χ4n) is 3.92. The number of ether oxygens (including phenoxy) is 1. The smallest absolute Gasteiger partial charge is 0.266 e. The number of carbonyl (C=O) groups excluding carboxylic acids is 1. The van der Waals surface area contributed by atoms with Crippen LogP contribution in [0.3, 0.4) is 0 Å². The summed E-state index contributed by atoms with van der Waals surface area (Å²) >= 11 is 0. The molecule has 166 valence electrons. The number of aromatic nitrogens is 2. The Morgan fingerprint density at radius 3 is 2.34 bits per heavy atom. The molecule has 0 spiro atoms. The lowest BCUT2D eigenvalue weighted by Gasteiger charge is -2.36. The fourth-order valence-corrected chi connectivity index (χ4v) is 3.92. The van der Waals surface area contributed by atoms with E-state index in [9.17, 15) is 9.59 Å². The molecule has 1 aliphatic rings. The Kier molecular flexibility index (Phi) is 6.84. The molecule has 1 aliphatic heterocycles. The van der Waals surface area contributed by atoms with Crippen molar-refractivity contribution >= 4 is 11.6 Å². The summed E-state index contributed by atoms with van der Waals surface area (Å²) in [5.41, 5.74) is 2.66. The van der Waals surface area contributed by atoms with Crippen LogP contribution in [0.1, 0.15) is 12.8 Å². The summed E-state index contributed by atoms with van der Waals surface area (Å²) in [6.07, 6.45) is 0.989. The van der Waals surface area contributed by atoms with Gasteiger partial charge in [-0.2, -0.15) is 5.10 Å². The van der Waals surface area contributed by atoms with E-state index in [4.69, 9.17) is 4.74 Å². The van der Waals surface area contributed by atoms with Gasteiger partial charge in [0.15, 0.2) is 0 Å². The molecule has 2 aromatic carbocycles. The zero-order valence-corrected chi connectivity index (χ0v) is 18.3. The quantitative estimate of drug-likeness (QED) is 0.574. The zero-order chi connectivity index (χ0) is 22.3. The van der Waals surface area contributed by atoms with E-state index < -0.39 is 0 Å². The number of aryl methyl sites for hydroxylation is 1. The minimum Gasteiger partial charge on any atom is -0.497 e. The van der Waals surface area contributed by atoms with Crippen molar-refractivity contribution < 1.29 is 9.53 Å². The van der Waals surface area contributed by atoms with Gasteiger partial charge in [0.2, 0.25) is 5.91 Å². The highest BCUT2D eigenvalue weighted by molar-refractivity contribution is 5.76. The number of methoxy groups -OCH3 is 1. The number of piperazine rings is 1. The Labute approximate surface area is 187 Å². The summed E-state index contributed by atoms with van der Waals surface area (Å²) in [6.45, 7) is 3.53. The van der Waals surface area contributed by atoms with Crippen LogP contribution in [0.5, 0.6) is 5.75 Å². The van der Waals surface area contributed by atoms with Crippen molar-refractivity contribution in [3.8, 4) is 17.0 Å². The summed E-state index contributed by atoms with van der Waals surface area (Å²) in [5.74, 6) is 0.905. The molecule has 1 fully saturated rings. The number of hydrogen-bond acceptors (Lipinski definition) is 5. The van der Waals surface area contributed by atoms with Gasteiger partial charge in [0.25, 0.3) is 5.56 Å². The maximum atomic E-state index is 12.7. The van der Waals surface area contributed by atoms with E-state index in [1.807, 2.05) is 47.4 Å². The molecule has 7 heteroatoms. The van der Waals surface area contributed by atoms with Gasteiger partial charge < -0.3 is 14.5 Å². The Balaban J connectivity index is 1.29. The molecule has 0 bridgehead atoms. The third-order valence-corrected chi connectivity index (χ3v) is 5.77. The molecule has 4 rings (SSSR count). The first kappa shape index (κ1) is 21.6. The second kappa shape index (κ2) is 10.1. The SMILES string of the molecule is COc1ccc(-c2ccc(=O)n(CCCC(=O)N3CCN(c4ccccc4)CC3)n2)cc1. The average molecular weight is 433 g/mol. The lowest BCUT2D eigenvalue weighted by molar-refractivity contribution is -0.131. The molecular weight excluding hydrogens is 404 g/mol. The molecule has 7 nitrogen and oxygen atoms in total. The molecule has 3 aromatic rings. The van der Waals surface area contributed by atoms with Crippen LogP contribution in [-0.2, 0) is 11.3 Å². The third kappa shape index (κ3) is 5.17. The minimum absolute atomic E-state index is 0.136. The van der Waals surface area contributed by atoms with E-state index in [1.54, 1.807) is 13.2 Å². The van der Waals surface area contributed by atoms with E-state index >= 15 is 0 Å². The van der Waals surface area contributed by atoms with E-state index in [0.717, 1.165) is 43.2 Å². The lowest BCUT2D eigenvalue weighted by Crippen LogP contribution is -2.48. The highest BCUT2D eigenvalue weighted by atomic mass is 16.5. The lowest BCUT2D eigenvalue weighted by atomic mass is 10.1. The Hall–Kier alpha value is -3.61. The molecule has 1 saturated heterocycles. The van der Waals surface area contributed by atoms with Crippen LogP contribution in [0.25, 0.3) is 11.3 Å². The standard InChI is InChI=1S/C25H28N4O3/c1-32-22-11-9-20(10-12-22)23-13-14-25(31)29(26-23)15-5-8-24(30)28-18-16-27(17-19-28)21-6-3-2-4-7-21/h2-4,6-7,9-14H,5,8,15-19H2,1H3. The van der Waals surface area contributed by atoms with Gasteiger partial charge in [-0.15, -0.1) is 0 Å². The van der Waals surface area contributed by atoms with E-state index in [-0.39, 0.29) is 11.5 Å². The second-order valence-electron chi connectivity index (χ2n) is 7.82. The number of amides is 1. The molecule has 2 heterocycles. The number of hydrogen-bond donors (Lipinski definition) is 0. The summed E-state index contributed by atoms with van der Waals surface area (Å²) in [6, 6.07) is 21.1. The molecule has 32 heavy (non-hydrogen) atoms. The molecule has 0 aliphatic carbocycles. The number of benzene rings is 2. The van der Waals surface area contributed by atoms with Gasteiger partial charge in [-0.25, -0.2) is 4.68 Å². The van der Waals surface area contributed by atoms with E-state index in [0.29, 0.717) is 19.4 Å². The number of anilines is 1. The van der Waals surface area contributed by atoms with Crippen LogP contribution in [0.15, 0.2) is 71.5 Å². The fraction of sp³-hybridized carbons (Fsp3) is 0.320. The average Bonchev–Trinajstić information content (AvgIpc) is 2.86. The second-order valence-corrected chi connectivity index (χ2v) is 7.82. The summed E-state index contributed by atoms with van der Waals surface area (Å²) in [4.78, 5) is 29.1. The first-order valence-corrected chi connectivity index (χ1v) is 10.9. The number of rotatable bonds is 7. The van der Waals surface area contributed by atoms with Crippen molar-refractivity contribution in [1.82, 2.24) is 14.7 Å². The largest absolute Gasteiger partial charge is 0.497 e. The van der Waals surface area contributed by atoms with Crippen LogP contribution in [0.4, 0.5) is 5.69 Å². The van der Waals surface area contributed by atoms with Crippen LogP contribution < -0.4 is 15.2 Å². The molecule has 0 radical (unpaired) electrons. The van der Waals surface area contributed by atoms with Crippen molar-refractivity contribution in [1.29, 1.82) is 0 Å². The summed E-state index contributed by atoms with van der Waals surface area (Å²) in [5, 5.41) is 4.48. The van der Waals surface area contributed by atoms with Crippen molar-refractivity contribution in [3.05, 3.63) is 77.1 Å². The number of para-hydroxylation sites is 1. The molecule has 1 aromatic heterocycles. The Morgan fingerprint density at radius 2 is 1.66 bits per heavy atom. The van der Waals surface area contributed by atoms with E-state index in [2.05, 4.69) is 22.1 Å². The number of nitrogens with zero attached hydrogens (tertiary/aromatic N) is 4. The van der Waals surface area contributed by atoms with Gasteiger partial charge in [-0.3, -0.25) is 9.59 Å². The topological polar surface area (TPSA) is 67.7 Å². The molecule has 0 atom stereocenters. The van der Waals surface area contributed by atoms with Gasteiger partial charge >= 0.3 is 0 Å². The van der Waals surface area contributed by atoms with Crippen LogP contribution in [-0.4, -0.2) is 53.9 Å². The first-order valence-electron chi connectivity index (χ1n) is 10.9. The normalized spacial score (nSPS) is 13.8. The molecule has 0 N–H and O–H groups in total. The maximum Gasteiger partial charge on any atom is 0.266 e. The van der Waals surface area contributed by atoms with Crippen LogP contribution >= 0.6 is 0 Å². The molecule has 0 unspecified atom stereocenters. The van der Waals surface area contributed by atoms with Gasteiger partial charge in [0, 0.05) is 56.5 Å². The number of carbonyl (C=O) groups is 1. The van der Waals surface area contributed by atoms with Gasteiger partial charge in [-0.05, 0) is 48.9 Å². The van der Waals surface area contributed by atoms with Crippen molar-refractivity contribution in [3.63, 3.8) is 0 Å². The third-order valence-electron chi connectivity index (χ3n) is 5.77. The monoisotopic (exact) mass is 432 g/mol. The predicted molar refractivity (Wildman–Crippen MR) is 125 cm³/mol. The summed E-state index contributed by atoms with van der Waals surface area (Å²) in [7, 11) is 1.62. The summed E-state index contributed by atoms with van der Waals surface area (Å²) < 4.78 is 6.63. The molecule has 0 saturated carbocycles. The Morgan fingerprint density at radius 1 is 0.938 bits per heavy atom.